The molecule has 0 aromatic rings. The summed E-state index contributed by atoms with van der Waals surface area (Å²) < 4.78 is 29.8. The molecular formula is C9H21NO5S. The van der Waals surface area contributed by atoms with Gasteiger partial charge in [-0.1, -0.05) is 13.8 Å². The van der Waals surface area contributed by atoms with E-state index in [1.807, 2.05) is 13.8 Å². The second-order valence-electron chi connectivity index (χ2n) is 4.17. The molecule has 0 aromatic heterocycles. The lowest BCUT2D eigenvalue weighted by Gasteiger charge is -2.26. The molecule has 98 valence electrons. The van der Waals surface area contributed by atoms with E-state index >= 15 is 0 Å². The maximum atomic E-state index is 10.6. The van der Waals surface area contributed by atoms with Gasteiger partial charge in [0.25, 0.3) is 10.1 Å². The Balaban J connectivity index is 4.28. The van der Waals surface area contributed by atoms with Crippen LogP contribution >= 0.6 is 0 Å². The summed E-state index contributed by atoms with van der Waals surface area (Å²) in [6, 6.07) is 0. The first kappa shape index (κ1) is 15.8. The van der Waals surface area contributed by atoms with Gasteiger partial charge in [0.1, 0.15) is 12.0 Å². The molecule has 0 fully saturated rings. The molecule has 0 saturated heterocycles. The van der Waals surface area contributed by atoms with E-state index in [9.17, 15) is 13.5 Å². The van der Waals surface area contributed by atoms with E-state index in [-0.39, 0.29) is 13.2 Å². The van der Waals surface area contributed by atoms with Crippen LogP contribution in [0.1, 0.15) is 20.3 Å². The van der Waals surface area contributed by atoms with Crippen LogP contribution < -0.4 is 0 Å². The largest absolute Gasteiger partial charge is 0.395 e. The van der Waals surface area contributed by atoms with Crippen molar-refractivity contribution >= 4 is 10.1 Å². The highest BCUT2D eigenvalue weighted by Gasteiger charge is 2.21. The minimum atomic E-state index is -4.20. The average Bonchev–Trinajstić information content (AvgIpc) is 2.08. The summed E-state index contributed by atoms with van der Waals surface area (Å²) in [5, 5.41) is 18.3. The van der Waals surface area contributed by atoms with Gasteiger partial charge in [-0.15, -0.1) is 0 Å². The van der Waals surface area contributed by atoms with E-state index in [1.54, 1.807) is 0 Å². The Hall–Kier alpha value is -0.210. The number of rotatable bonds is 8. The van der Waals surface area contributed by atoms with E-state index in [2.05, 4.69) is 0 Å². The normalized spacial score (nSPS) is 14.7. The zero-order valence-electron chi connectivity index (χ0n) is 9.70. The fourth-order valence-electron chi connectivity index (χ4n) is 1.26. The molecule has 1 unspecified atom stereocenters. The lowest BCUT2D eigenvalue weighted by Crippen LogP contribution is -2.42. The third kappa shape index (κ3) is 8.00. The molecule has 0 aliphatic heterocycles. The Labute approximate surface area is 96.6 Å². The quantitative estimate of drug-likeness (QED) is 0.401. The van der Waals surface area contributed by atoms with Crippen molar-refractivity contribution in [3.8, 4) is 0 Å². The van der Waals surface area contributed by atoms with Gasteiger partial charge in [-0.05, 0) is 12.3 Å². The lowest BCUT2D eigenvalue weighted by molar-refractivity contribution is 0.00739. The first-order valence-electron chi connectivity index (χ1n) is 5.24. The smallest absolute Gasteiger partial charge is 0.268 e. The highest BCUT2D eigenvalue weighted by molar-refractivity contribution is 7.85. The van der Waals surface area contributed by atoms with Crippen molar-refractivity contribution in [2.45, 2.75) is 26.5 Å². The molecular weight excluding hydrogens is 234 g/mol. The molecule has 7 heteroatoms. The standard InChI is InChI=1S/C9H21NO5S/c1-8(2)3-4-10(5-6-11)9(12)7-16(13,14)15/h8-9,11-12H,3-7H2,1-2H3,(H,13,14,15). The van der Waals surface area contributed by atoms with Crippen molar-refractivity contribution in [2.24, 2.45) is 5.92 Å². The summed E-state index contributed by atoms with van der Waals surface area (Å²) >= 11 is 0. The third-order valence-electron chi connectivity index (χ3n) is 2.16. The zero-order chi connectivity index (χ0) is 12.8. The lowest BCUT2D eigenvalue weighted by atomic mass is 10.1. The van der Waals surface area contributed by atoms with Crippen LogP contribution in [0.15, 0.2) is 0 Å². The van der Waals surface area contributed by atoms with Crippen LogP contribution in [-0.2, 0) is 10.1 Å². The molecule has 6 nitrogen and oxygen atoms in total. The van der Waals surface area contributed by atoms with Gasteiger partial charge in [-0.2, -0.15) is 8.42 Å². The van der Waals surface area contributed by atoms with Crippen LogP contribution in [0.25, 0.3) is 0 Å². The molecule has 0 rings (SSSR count). The molecule has 0 bridgehead atoms. The predicted octanol–water partition coefficient (Wildman–Crippen LogP) is -0.467. The first-order valence-corrected chi connectivity index (χ1v) is 6.85. The van der Waals surface area contributed by atoms with Crippen LogP contribution in [0.3, 0.4) is 0 Å². The summed E-state index contributed by atoms with van der Waals surface area (Å²) in [6.07, 6.45) is -0.497. The molecule has 0 aromatic carbocycles. The topological polar surface area (TPSA) is 98.1 Å². The Kier molecular flexibility index (Phi) is 7.09. The van der Waals surface area contributed by atoms with Gasteiger partial charge in [0, 0.05) is 13.1 Å². The van der Waals surface area contributed by atoms with Crippen molar-refractivity contribution < 1.29 is 23.2 Å². The van der Waals surface area contributed by atoms with Gasteiger partial charge in [0.05, 0.1) is 6.61 Å². The second-order valence-corrected chi connectivity index (χ2v) is 5.67. The van der Waals surface area contributed by atoms with Gasteiger partial charge in [0.2, 0.25) is 0 Å². The molecule has 0 spiro atoms. The molecule has 0 radical (unpaired) electrons. The molecule has 16 heavy (non-hydrogen) atoms. The minimum absolute atomic E-state index is 0.166. The monoisotopic (exact) mass is 255 g/mol. The zero-order valence-corrected chi connectivity index (χ0v) is 10.5. The summed E-state index contributed by atoms with van der Waals surface area (Å²) in [5.41, 5.74) is 0. The summed E-state index contributed by atoms with van der Waals surface area (Å²) in [4.78, 5) is 1.44. The fourth-order valence-corrected chi connectivity index (χ4v) is 1.84. The van der Waals surface area contributed by atoms with E-state index in [1.165, 1.54) is 4.90 Å². The molecule has 0 heterocycles. The molecule has 1 atom stereocenters. The number of nitrogens with zero attached hydrogens (tertiary/aromatic N) is 1. The third-order valence-corrected chi connectivity index (χ3v) is 2.88. The minimum Gasteiger partial charge on any atom is -0.395 e. The number of hydrogen-bond donors (Lipinski definition) is 3. The van der Waals surface area contributed by atoms with Crippen molar-refractivity contribution in [3.63, 3.8) is 0 Å². The molecule has 0 amide bonds. The van der Waals surface area contributed by atoms with E-state index in [0.29, 0.717) is 12.5 Å². The summed E-state index contributed by atoms with van der Waals surface area (Å²) in [6.45, 7) is 4.51. The highest BCUT2D eigenvalue weighted by atomic mass is 32.2. The van der Waals surface area contributed by atoms with E-state index < -0.39 is 22.1 Å². The van der Waals surface area contributed by atoms with E-state index in [4.69, 9.17) is 9.66 Å². The Morgan fingerprint density at radius 1 is 1.25 bits per heavy atom. The molecule has 0 aliphatic rings. The van der Waals surface area contributed by atoms with Gasteiger partial charge < -0.3 is 10.2 Å². The Morgan fingerprint density at radius 3 is 2.19 bits per heavy atom. The van der Waals surface area contributed by atoms with Crippen molar-refractivity contribution in [3.05, 3.63) is 0 Å². The summed E-state index contributed by atoms with van der Waals surface area (Å²) in [7, 11) is -4.20. The van der Waals surface area contributed by atoms with Crippen molar-refractivity contribution in [2.75, 3.05) is 25.4 Å². The Bertz CT molecular complexity index is 278. The second kappa shape index (κ2) is 7.18. The van der Waals surface area contributed by atoms with Crippen LogP contribution in [0, 0.1) is 5.92 Å². The maximum absolute atomic E-state index is 10.6. The van der Waals surface area contributed by atoms with Crippen LogP contribution in [0.2, 0.25) is 0 Å². The number of aliphatic hydroxyl groups excluding tert-OH is 2. The van der Waals surface area contributed by atoms with Gasteiger partial charge in [-0.25, -0.2) is 0 Å². The van der Waals surface area contributed by atoms with Gasteiger partial charge in [-0.3, -0.25) is 9.45 Å². The van der Waals surface area contributed by atoms with Gasteiger partial charge >= 0.3 is 0 Å². The van der Waals surface area contributed by atoms with Crippen LogP contribution in [0.5, 0.6) is 0 Å². The van der Waals surface area contributed by atoms with Crippen LogP contribution in [0.4, 0.5) is 0 Å². The molecule has 0 saturated carbocycles. The van der Waals surface area contributed by atoms with Gasteiger partial charge in [0.15, 0.2) is 0 Å². The predicted molar refractivity (Wildman–Crippen MR) is 60.5 cm³/mol. The van der Waals surface area contributed by atoms with Crippen molar-refractivity contribution in [1.29, 1.82) is 0 Å². The SMILES string of the molecule is CC(C)CCN(CCO)C(O)CS(=O)(=O)O. The number of aliphatic hydroxyl groups is 2. The van der Waals surface area contributed by atoms with E-state index in [0.717, 1.165) is 6.42 Å². The van der Waals surface area contributed by atoms with Crippen molar-refractivity contribution in [1.82, 2.24) is 4.90 Å². The first-order chi connectivity index (χ1) is 7.26. The fraction of sp³-hybridized carbons (Fsp3) is 1.00. The molecule has 3 N–H and O–H groups in total. The Morgan fingerprint density at radius 2 is 1.81 bits per heavy atom. The average molecular weight is 255 g/mol. The maximum Gasteiger partial charge on any atom is 0.268 e. The summed E-state index contributed by atoms with van der Waals surface area (Å²) in [5.74, 6) is -0.315. The number of hydrogen-bond acceptors (Lipinski definition) is 5. The van der Waals surface area contributed by atoms with Crippen LogP contribution in [-0.4, -0.2) is 59.8 Å². The highest BCUT2D eigenvalue weighted by Crippen LogP contribution is 2.06. The molecule has 0 aliphatic carbocycles.